The Kier molecular flexibility index (Phi) is 10.3. The molecule has 0 radical (unpaired) electrons. The summed E-state index contributed by atoms with van der Waals surface area (Å²) in [4.78, 5) is 14.0. The van der Waals surface area contributed by atoms with Crippen molar-refractivity contribution in [1.82, 2.24) is 10.6 Å². The van der Waals surface area contributed by atoms with Crippen LogP contribution >= 0.6 is 0 Å². The molecule has 0 fully saturated rings. The van der Waals surface area contributed by atoms with Gasteiger partial charge in [-0.2, -0.15) is 0 Å². The third-order valence-electron chi connectivity index (χ3n) is 9.42. The van der Waals surface area contributed by atoms with Crippen LogP contribution in [0.15, 0.2) is 111 Å². The van der Waals surface area contributed by atoms with Gasteiger partial charge in [0.1, 0.15) is 35.2 Å². The van der Waals surface area contributed by atoms with Crippen LogP contribution in [-0.2, 0) is 11.3 Å². The first kappa shape index (κ1) is 32.4. The van der Waals surface area contributed by atoms with Crippen molar-refractivity contribution >= 4 is 12.2 Å². The zero-order valence-corrected chi connectivity index (χ0v) is 27.7. The quantitative estimate of drug-likeness (QED) is 0.227. The molecule has 3 atom stereocenters. The summed E-state index contributed by atoms with van der Waals surface area (Å²) in [5, 5.41) is 8.02. The average molecular weight is 633 g/mol. The molecular weight excluding hydrogens is 587 g/mol. The van der Waals surface area contributed by atoms with Gasteiger partial charge >= 0.3 is 0 Å². The molecule has 3 unspecified atom stereocenters. The van der Waals surface area contributed by atoms with Crippen LogP contribution in [0.2, 0.25) is 0 Å². The number of allylic oxidation sites excluding steroid dienone is 5. The van der Waals surface area contributed by atoms with Gasteiger partial charge in [-0.25, -0.2) is 4.39 Å². The Bertz CT molecular complexity index is 1900. The fourth-order valence-corrected chi connectivity index (χ4v) is 7.06. The minimum atomic E-state index is -0.385. The molecule has 5 nitrogen and oxygen atoms in total. The van der Waals surface area contributed by atoms with E-state index >= 15 is 0 Å². The van der Waals surface area contributed by atoms with Crippen LogP contribution in [-0.4, -0.2) is 6.54 Å². The Morgan fingerprint density at radius 2 is 1.85 bits per heavy atom. The van der Waals surface area contributed by atoms with Crippen LogP contribution in [0.3, 0.4) is 0 Å². The molecule has 3 aliphatic rings. The summed E-state index contributed by atoms with van der Waals surface area (Å²) in [5.41, 5.74) is 5.18. The first-order chi connectivity index (χ1) is 23.0. The second-order valence-corrected chi connectivity index (χ2v) is 12.6. The van der Waals surface area contributed by atoms with Gasteiger partial charge in [-0.15, -0.1) is 0 Å². The van der Waals surface area contributed by atoms with Gasteiger partial charge in [-0.3, -0.25) is 4.79 Å². The van der Waals surface area contributed by atoms with Crippen molar-refractivity contribution in [2.24, 2.45) is 11.8 Å². The molecule has 1 aliphatic heterocycles. The predicted octanol–water partition coefficient (Wildman–Crippen LogP) is 7.70. The summed E-state index contributed by atoms with van der Waals surface area (Å²) in [6.07, 6.45) is 18.2. The van der Waals surface area contributed by atoms with Gasteiger partial charge in [-0.05, 0) is 110 Å². The van der Waals surface area contributed by atoms with Crippen LogP contribution in [0.4, 0.5) is 4.39 Å². The number of rotatable bonds is 11. The zero-order chi connectivity index (χ0) is 32.8. The van der Waals surface area contributed by atoms with Crippen LogP contribution in [0.25, 0.3) is 23.3 Å². The summed E-state index contributed by atoms with van der Waals surface area (Å²) in [6, 6.07) is 16.1. The molecule has 2 aliphatic carbocycles. The summed E-state index contributed by atoms with van der Waals surface area (Å²) in [6.45, 7) is 7.84. The fraction of sp³-hybridized carbons (Fsp3) is 0.341. The monoisotopic (exact) mass is 632 g/mol. The summed E-state index contributed by atoms with van der Waals surface area (Å²) in [7, 11) is 0. The molecule has 2 heterocycles. The normalized spacial score (nSPS) is 18.8. The molecule has 0 amide bonds. The topological polar surface area (TPSA) is 63.5 Å². The highest BCUT2D eigenvalue weighted by Gasteiger charge is 2.30. The van der Waals surface area contributed by atoms with Gasteiger partial charge in [0.15, 0.2) is 0 Å². The van der Waals surface area contributed by atoms with Crippen molar-refractivity contribution in [2.45, 2.75) is 71.9 Å². The van der Waals surface area contributed by atoms with E-state index in [-0.39, 0.29) is 23.2 Å². The van der Waals surface area contributed by atoms with Crippen LogP contribution in [0.1, 0.15) is 76.7 Å². The Hall–Kier alpha value is -4.58. The van der Waals surface area contributed by atoms with Gasteiger partial charge < -0.3 is 19.8 Å². The average Bonchev–Trinajstić information content (AvgIpc) is 3.30. The number of nitrogens with one attached hydrogen (secondary N) is 2. The van der Waals surface area contributed by atoms with E-state index in [1.807, 2.05) is 37.3 Å². The lowest BCUT2D eigenvalue weighted by Gasteiger charge is -2.32. The molecule has 2 aromatic carbocycles. The van der Waals surface area contributed by atoms with Crippen molar-refractivity contribution < 1.29 is 13.5 Å². The maximum atomic E-state index is 14.5. The third kappa shape index (κ3) is 7.22. The molecule has 6 rings (SSSR count). The second-order valence-electron chi connectivity index (χ2n) is 12.6. The van der Waals surface area contributed by atoms with Crippen molar-refractivity contribution in [2.75, 3.05) is 6.54 Å². The van der Waals surface area contributed by atoms with E-state index in [2.05, 4.69) is 60.9 Å². The smallest absolute Gasteiger partial charge is 0.200 e. The van der Waals surface area contributed by atoms with E-state index in [0.29, 0.717) is 40.0 Å². The van der Waals surface area contributed by atoms with Crippen LogP contribution in [0, 0.1) is 17.7 Å². The molecule has 3 aromatic rings. The van der Waals surface area contributed by atoms with Crippen molar-refractivity contribution in [3.8, 4) is 11.1 Å². The van der Waals surface area contributed by atoms with E-state index in [4.69, 9.17) is 9.15 Å². The number of halogens is 1. The molecule has 0 saturated carbocycles. The lowest BCUT2D eigenvalue weighted by molar-refractivity contribution is 0.206. The molecule has 6 heteroatoms. The van der Waals surface area contributed by atoms with E-state index in [1.165, 1.54) is 23.3 Å². The Morgan fingerprint density at radius 3 is 2.60 bits per heavy atom. The number of hydrogen-bond acceptors (Lipinski definition) is 5. The summed E-state index contributed by atoms with van der Waals surface area (Å²) in [5.74, 6) is 2.57. The largest absolute Gasteiger partial charge is 0.489 e. The SMILES string of the molecule is CCC1=CCCNC(NC(C)c2oc3c(c(=O)c2-c2cccc(F)c2)=CCCC=3)=C1C(CC)C1C=CC(OCc2ccccc2)=CC1. The van der Waals surface area contributed by atoms with Crippen molar-refractivity contribution in [1.29, 1.82) is 0 Å². The maximum absolute atomic E-state index is 14.5. The molecule has 0 bridgehead atoms. The highest BCUT2D eigenvalue weighted by molar-refractivity contribution is 5.66. The van der Waals surface area contributed by atoms with Gasteiger partial charge in [0, 0.05) is 6.54 Å². The van der Waals surface area contributed by atoms with Gasteiger partial charge in [0.2, 0.25) is 5.43 Å². The predicted molar refractivity (Wildman–Crippen MR) is 188 cm³/mol. The standard InChI is InChI=1S/C41H45FN2O3/c1-4-29-16-12-24-43-41(37(29)34(5-2)30-20-22-33(23-21-30)46-26-28-13-7-6-8-14-28)44-27(3)40-38(31-15-11-17-32(42)25-31)39(45)35-18-9-10-19-36(35)47-40/h6-8,11,13-20,22-23,25,27,30,34,43-44H,4-5,9-10,12,21,24,26H2,1-3H3. The molecular formula is C41H45FN2O3. The van der Waals surface area contributed by atoms with Gasteiger partial charge in [0.25, 0.3) is 0 Å². The van der Waals surface area contributed by atoms with Crippen LogP contribution in [0.5, 0.6) is 0 Å². The highest BCUT2D eigenvalue weighted by Crippen LogP contribution is 2.38. The fourth-order valence-electron chi connectivity index (χ4n) is 7.06. The minimum absolute atomic E-state index is 0.121. The first-order valence-corrected chi connectivity index (χ1v) is 17.1. The van der Waals surface area contributed by atoms with E-state index in [0.717, 1.165) is 62.2 Å². The molecule has 0 saturated heterocycles. The first-order valence-electron chi connectivity index (χ1n) is 17.1. The number of fused-ring (bicyclic) bond motifs is 1. The van der Waals surface area contributed by atoms with E-state index in [9.17, 15) is 9.18 Å². The van der Waals surface area contributed by atoms with E-state index in [1.54, 1.807) is 12.1 Å². The van der Waals surface area contributed by atoms with Crippen molar-refractivity contribution in [3.05, 3.63) is 140 Å². The lowest BCUT2D eigenvalue weighted by Crippen LogP contribution is -2.43. The molecule has 0 spiro atoms. The second kappa shape index (κ2) is 14.9. The van der Waals surface area contributed by atoms with Gasteiger partial charge in [-0.1, -0.05) is 74.5 Å². The third-order valence-corrected chi connectivity index (χ3v) is 9.42. The zero-order valence-electron chi connectivity index (χ0n) is 27.7. The molecule has 2 N–H and O–H groups in total. The maximum Gasteiger partial charge on any atom is 0.200 e. The van der Waals surface area contributed by atoms with Crippen LogP contribution < -0.4 is 26.7 Å². The highest BCUT2D eigenvalue weighted by atomic mass is 19.1. The Morgan fingerprint density at radius 1 is 1.02 bits per heavy atom. The lowest BCUT2D eigenvalue weighted by atomic mass is 9.76. The summed E-state index contributed by atoms with van der Waals surface area (Å²) < 4.78 is 27.1. The molecule has 1 aromatic heterocycles. The van der Waals surface area contributed by atoms with E-state index < -0.39 is 0 Å². The molecule has 244 valence electrons. The Labute approximate surface area is 276 Å². The summed E-state index contributed by atoms with van der Waals surface area (Å²) >= 11 is 0. The Balaban J connectivity index is 1.34. The van der Waals surface area contributed by atoms with Crippen molar-refractivity contribution in [3.63, 3.8) is 0 Å². The molecule has 47 heavy (non-hydrogen) atoms. The minimum Gasteiger partial charge on any atom is -0.489 e. The number of ether oxygens (including phenoxy) is 1. The number of hydrogen-bond donors (Lipinski definition) is 2. The van der Waals surface area contributed by atoms with Gasteiger partial charge in [0.05, 0.1) is 16.8 Å². The number of benzene rings is 2.